The summed E-state index contributed by atoms with van der Waals surface area (Å²) in [4.78, 5) is 23.8. The van der Waals surface area contributed by atoms with Crippen LogP contribution in [0.4, 0.5) is 16.2 Å². The fourth-order valence-corrected chi connectivity index (χ4v) is 2.67. The molecule has 0 bridgehead atoms. The van der Waals surface area contributed by atoms with Crippen molar-refractivity contribution >= 4 is 34.1 Å². The van der Waals surface area contributed by atoms with E-state index in [-0.39, 0.29) is 24.6 Å². The van der Waals surface area contributed by atoms with Crippen LogP contribution < -0.4 is 20.7 Å². The van der Waals surface area contributed by atoms with Crippen molar-refractivity contribution in [1.29, 1.82) is 0 Å². The molecule has 0 aromatic heterocycles. The van der Waals surface area contributed by atoms with Gasteiger partial charge in [0, 0.05) is 17.4 Å². The fraction of sp³-hybridized carbons (Fsp3) is 0.182. The van der Waals surface area contributed by atoms with Gasteiger partial charge in [0.2, 0.25) is 0 Å². The lowest BCUT2D eigenvalue weighted by atomic mass is 10.1. The molecule has 0 heterocycles. The smallest absolute Gasteiger partial charge is 0.319 e. The Hall–Kier alpha value is -3.54. The summed E-state index contributed by atoms with van der Waals surface area (Å²) in [5, 5.41) is 10.4. The Morgan fingerprint density at radius 3 is 2.18 bits per heavy atom. The lowest BCUT2D eigenvalue weighted by molar-refractivity contribution is -0.118. The average Bonchev–Trinajstić information content (AvgIpc) is 2.67. The second-order valence-electron chi connectivity index (χ2n) is 6.68. The molecule has 0 saturated carbocycles. The van der Waals surface area contributed by atoms with Crippen molar-refractivity contribution in [3.05, 3.63) is 66.7 Å². The van der Waals surface area contributed by atoms with E-state index in [0.29, 0.717) is 17.1 Å². The Morgan fingerprint density at radius 1 is 0.857 bits per heavy atom. The van der Waals surface area contributed by atoms with E-state index in [0.717, 1.165) is 10.8 Å². The number of benzene rings is 3. The Bertz CT molecular complexity index is 968. The highest BCUT2D eigenvalue weighted by Gasteiger charge is 2.06. The first-order valence-electron chi connectivity index (χ1n) is 9.08. The molecule has 0 saturated heterocycles. The number of carbonyl (C=O) groups excluding carboxylic acids is 2. The summed E-state index contributed by atoms with van der Waals surface area (Å²) < 4.78 is 5.58. The number of anilines is 2. The zero-order valence-corrected chi connectivity index (χ0v) is 15.9. The molecule has 3 aromatic rings. The molecule has 0 unspecified atom stereocenters. The molecule has 28 heavy (non-hydrogen) atoms. The molecular weight excluding hydrogens is 354 g/mol. The van der Waals surface area contributed by atoms with Crippen LogP contribution in [-0.2, 0) is 4.79 Å². The first-order valence-corrected chi connectivity index (χ1v) is 9.08. The summed E-state index contributed by atoms with van der Waals surface area (Å²) in [5.41, 5.74) is 1.27. The average molecular weight is 377 g/mol. The molecular formula is C22H23N3O3. The minimum absolute atomic E-state index is 0.0566. The SMILES string of the molecule is CC(C)NC(=O)Nc1ccc(NC(=O)COc2ccc3ccccc3c2)cc1. The Balaban J connectivity index is 1.50. The highest BCUT2D eigenvalue weighted by atomic mass is 16.5. The van der Waals surface area contributed by atoms with Gasteiger partial charge in [0.15, 0.2) is 6.61 Å². The monoisotopic (exact) mass is 377 g/mol. The van der Waals surface area contributed by atoms with Crippen LogP contribution in [0.2, 0.25) is 0 Å². The van der Waals surface area contributed by atoms with Crippen molar-refractivity contribution in [2.75, 3.05) is 17.2 Å². The molecule has 0 aliphatic rings. The van der Waals surface area contributed by atoms with Gasteiger partial charge in [-0.05, 0) is 61.0 Å². The molecule has 3 N–H and O–H groups in total. The molecule has 3 amide bonds. The molecule has 0 aliphatic heterocycles. The van der Waals surface area contributed by atoms with Crippen molar-refractivity contribution in [3.8, 4) is 5.75 Å². The molecule has 0 spiro atoms. The third-order valence-electron chi connectivity index (χ3n) is 3.94. The molecule has 0 atom stereocenters. The number of ether oxygens (including phenoxy) is 1. The topological polar surface area (TPSA) is 79.5 Å². The molecule has 6 heteroatoms. The summed E-state index contributed by atoms with van der Waals surface area (Å²) in [6, 6.07) is 20.4. The van der Waals surface area contributed by atoms with E-state index in [4.69, 9.17) is 4.74 Å². The van der Waals surface area contributed by atoms with Gasteiger partial charge in [-0.25, -0.2) is 4.79 Å². The first-order chi connectivity index (χ1) is 13.5. The minimum Gasteiger partial charge on any atom is -0.484 e. The van der Waals surface area contributed by atoms with E-state index < -0.39 is 0 Å². The molecule has 0 aliphatic carbocycles. The van der Waals surface area contributed by atoms with Crippen LogP contribution in [0.1, 0.15) is 13.8 Å². The zero-order chi connectivity index (χ0) is 19.9. The largest absolute Gasteiger partial charge is 0.484 e. The van der Waals surface area contributed by atoms with Gasteiger partial charge >= 0.3 is 6.03 Å². The third-order valence-corrected chi connectivity index (χ3v) is 3.94. The molecule has 6 nitrogen and oxygen atoms in total. The van der Waals surface area contributed by atoms with Crippen LogP contribution in [0, 0.1) is 0 Å². The van der Waals surface area contributed by atoms with Crippen LogP contribution in [0.5, 0.6) is 5.75 Å². The van der Waals surface area contributed by atoms with Crippen LogP contribution >= 0.6 is 0 Å². The number of amides is 3. The summed E-state index contributed by atoms with van der Waals surface area (Å²) >= 11 is 0. The second-order valence-corrected chi connectivity index (χ2v) is 6.68. The van der Waals surface area contributed by atoms with Gasteiger partial charge in [-0.3, -0.25) is 4.79 Å². The van der Waals surface area contributed by atoms with Crippen LogP contribution in [0.3, 0.4) is 0 Å². The normalized spacial score (nSPS) is 10.5. The number of hydrogen-bond acceptors (Lipinski definition) is 3. The van der Waals surface area contributed by atoms with E-state index in [1.807, 2.05) is 56.3 Å². The van der Waals surface area contributed by atoms with Crippen LogP contribution in [0.15, 0.2) is 66.7 Å². The maximum Gasteiger partial charge on any atom is 0.319 e. The third kappa shape index (κ3) is 5.48. The van der Waals surface area contributed by atoms with Crippen molar-refractivity contribution in [1.82, 2.24) is 5.32 Å². The second kappa shape index (κ2) is 8.90. The van der Waals surface area contributed by atoms with E-state index in [2.05, 4.69) is 16.0 Å². The summed E-state index contributed by atoms with van der Waals surface area (Å²) in [7, 11) is 0. The van der Waals surface area contributed by atoms with Gasteiger partial charge in [-0.1, -0.05) is 30.3 Å². The summed E-state index contributed by atoms with van der Waals surface area (Å²) in [5.74, 6) is 0.385. The number of carbonyl (C=O) groups is 2. The van der Waals surface area contributed by atoms with Crippen molar-refractivity contribution in [3.63, 3.8) is 0 Å². The van der Waals surface area contributed by atoms with Gasteiger partial charge in [-0.2, -0.15) is 0 Å². The lowest BCUT2D eigenvalue weighted by Crippen LogP contribution is -2.34. The predicted octanol–water partition coefficient (Wildman–Crippen LogP) is 4.39. The Labute approximate surface area is 163 Å². The van der Waals surface area contributed by atoms with E-state index >= 15 is 0 Å². The Kier molecular flexibility index (Phi) is 6.11. The van der Waals surface area contributed by atoms with Crippen molar-refractivity contribution in [2.24, 2.45) is 0 Å². The predicted molar refractivity (Wildman–Crippen MR) is 112 cm³/mol. The van der Waals surface area contributed by atoms with E-state index in [1.165, 1.54) is 0 Å². The highest BCUT2D eigenvalue weighted by molar-refractivity contribution is 5.93. The lowest BCUT2D eigenvalue weighted by Gasteiger charge is -2.11. The van der Waals surface area contributed by atoms with Crippen LogP contribution in [-0.4, -0.2) is 24.6 Å². The van der Waals surface area contributed by atoms with Gasteiger partial charge in [0.05, 0.1) is 0 Å². The number of urea groups is 1. The summed E-state index contributed by atoms with van der Waals surface area (Å²) in [6.07, 6.45) is 0. The quantitative estimate of drug-likeness (QED) is 0.596. The molecule has 0 radical (unpaired) electrons. The van der Waals surface area contributed by atoms with E-state index in [1.54, 1.807) is 24.3 Å². The molecule has 144 valence electrons. The van der Waals surface area contributed by atoms with E-state index in [9.17, 15) is 9.59 Å². The summed E-state index contributed by atoms with van der Waals surface area (Å²) in [6.45, 7) is 3.69. The van der Waals surface area contributed by atoms with Gasteiger partial charge in [0.25, 0.3) is 5.91 Å². The van der Waals surface area contributed by atoms with Gasteiger partial charge in [0.1, 0.15) is 5.75 Å². The maximum atomic E-state index is 12.1. The number of hydrogen-bond donors (Lipinski definition) is 3. The first kappa shape index (κ1) is 19.2. The van der Waals surface area contributed by atoms with Crippen LogP contribution in [0.25, 0.3) is 10.8 Å². The standard InChI is InChI=1S/C22H23N3O3/c1-15(2)23-22(27)25-19-10-8-18(9-11-19)24-21(26)14-28-20-12-7-16-5-3-4-6-17(16)13-20/h3-13,15H,14H2,1-2H3,(H,24,26)(H2,23,25,27). The number of rotatable bonds is 6. The molecule has 3 aromatic carbocycles. The number of fused-ring (bicyclic) bond motifs is 1. The Morgan fingerprint density at radius 2 is 1.50 bits per heavy atom. The van der Waals surface area contributed by atoms with Crippen molar-refractivity contribution < 1.29 is 14.3 Å². The fourth-order valence-electron chi connectivity index (χ4n) is 2.67. The number of nitrogens with one attached hydrogen (secondary N) is 3. The zero-order valence-electron chi connectivity index (χ0n) is 15.9. The van der Waals surface area contributed by atoms with Gasteiger partial charge in [-0.15, -0.1) is 0 Å². The highest BCUT2D eigenvalue weighted by Crippen LogP contribution is 2.20. The minimum atomic E-state index is -0.268. The molecule has 3 rings (SSSR count). The van der Waals surface area contributed by atoms with Crippen molar-refractivity contribution in [2.45, 2.75) is 19.9 Å². The maximum absolute atomic E-state index is 12.1. The van der Waals surface area contributed by atoms with Gasteiger partial charge < -0.3 is 20.7 Å². The molecule has 0 fully saturated rings.